The molecular formula is C31H35N3OS. The Balaban J connectivity index is 1.38. The maximum absolute atomic E-state index is 14.2. The smallest absolute Gasteiger partial charge is 0.243 e. The summed E-state index contributed by atoms with van der Waals surface area (Å²) in [5.74, 6) is 1.16. The van der Waals surface area contributed by atoms with Crippen molar-refractivity contribution < 1.29 is 4.79 Å². The molecule has 0 saturated heterocycles. The van der Waals surface area contributed by atoms with E-state index < -0.39 is 0 Å². The van der Waals surface area contributed by atoms with Crippen molar-refractivity contribution in [3.63, 3.8) is 0 Å². The molecule has 0 aliphatic heterocycles. The molecule has 0 N–H and O–H groups in total. The van der Waals surface area contributed by atoms with E-state index in [1.165, 1.54) is 49.0 Å². The van der Waals surface area contributed by atoms with E-state index in [0.717, 1.165) is 48.1 Å². The standard InChI is InChI=1S/C31H35N3OS/c35-30(34(25-13-3-1-4-14-25)26-15-5-2-6-16-26)22-33-28-18-8-7-17-27(28)32-31(33)24-12-9-11-23(21-24)29-19-10-20-36-29/h7-12,17-21,25-26H,1-6,13-16,22H2. The molecule has 0 unspecified atom stereocenters. The van der Waals surface area contributed by atoms with E-state index in [0.29, 0.717) is 18.6 Å². The highest BCUT2D eigenvalue weighted by Crippen LogP contribution is 2.33. The second-order valence-electron chi connectivity index (χ2n) is 10.5. The van der Waals surface area contributed by atoms with Crippen LogP contribution in [0.1, 0.15) is 64.2 Å². The minimum atomic E-state index is 0.271. The minimum absolute atomic E-state index is 0.271. The number of fused-ring (bicyclic) bond motifs is 1. The van der Waals surface area contributed by atoms with Crippen molar-refractivity contribution in [2.45, 2.75) is 82.8 Å². The monoisotopic (exact) mass is 497 g/mol. The number of hydrogen-bond donors (Lipinski definition) is 0. The van der Waals surface area contributed by atoms with Crippen molar-refractivity contribution in [1.82, 2.24) is 14.5 Å². The molecule has 2 aliphatic rings. The zero-order valence-electron chi connectivity index (χ0n) is 20.9. The third-order valence-corrected chi connectivity index (χ3v) is 9.02. The third-order valence-electron chi connectivity index (χ3n) is 8.10. The number of benzene rings is 2. The van der Waals surface area contributed by atoms with E-state index in [1.807, 2.05) is 6.07 Å². The molecule has 2 aliphatic carbocycles. The highest BCUT2D eigenvalue weighted by Gasteiger charge is 2.33. The molecular weight excluding hydrogens is 462 g/mol. The van der Waals surface area contributed by atoms with Crippen LogP contribution in [0.2, 0.25) is 0 Å². The van der Waals surface area contributed by atoms with E-state index in [4.69, 9.17) is 4.98 Å². The molecule has 186 valence electrons. The molecule has 5 heteroatoms. The first-order valence-corrected chi connectivity index (χ1v) is 14.6. The van der Waals surface area contributed by atoms with Crippen molar-refractivity contribution in [3.8, 4) is 21.8 Å². The number of hydrogen-bond acceptors (Lipinski definition) is 3. The van der Waals surface area contributed by atoms with Crippen LogP contribution in [-0.4, -0.2) is 32.4 Å². The molecule has 2 heterocycles. The summed E-state index contributed by atoms with van der Waals surface area (Å²) < 4.78 is 2.17. The molecule has 2 saturated carbocycles. The fraction of sp³-hybridized carbons (Fsp3) is 0.419. The Hall–Kier alpha value is -2.92. The van der Waals surface area contributed by atoms with Gasteiger partial charge in [-0.3, -0.25) is 4.79 Å². The molecule has 4 aromatic rings. The lowest BCUT2D eigenvalue weighted by Crippen LogP contribution is -2.50. The largest absolute Gasteiger partial charge is 0.335 e. The van der Waals surface area contributed by atoms with Crippen molar-refractivity contribution in [2.75, 3.05) is 0 Å². The Labute approximate surface area is 218 Å². The summed E-state index contributed by atoms with van der Waals surface area (Å²) in [7, 11) is 0. The molecule has 6 rings (SSSR count). The normalized spacial score (nSPS) is 17.4. The average molecular weight is 498 g/mol. The van der Waals surface area contributed by atoms with Gasteiger partial charge in [0.05, 0.1) is 11.0 Å². The fourth-order valence-electron chi connectivity index (χ4n) is 6.35. The van der Waals surface area contributed by atoms with Crippen LogP contribution in [0, 0.1) is 0 Å². The van der Waals surface area contributed by atoms with Crippen molar-refractivity contribution in [1.29, 1.82) is 0 Å². The van der Waals surface area contributed by atoms with E-state index in [9.17, 15) is 4.79 Å². The summed E-state index contributed by atoms with van der Waals surface area (Å²) in [4.78, 5) is 22.8. The SMILES string of the molecule is O=C(Cn1c(-c2cccc(-c3cccs3)c2)nc2ccccc21)N(C1CCCCC1)C1CCCCC1. The highest BCUT2D eigenvalue weighted by molar-refractivity contribution is 7.13. The molecule has 4 nitrogen and oxygen atoms in total. The van der Waals surface area contributed by atoms with Gasteiger partial charge in [0.15, 0.2) is 0 Å². The van der Waals surface area contributed by atoms with E-state index >= 15 is 0 Å². The van der Waals surface area contributed by atoms with Crippen molar-refractivity contribution in [3.05, 3.63) is 66.0 Å². The molecule has 1 amide bonds. The number of carbonyl (C=O) groups excluding carboxylic acids is 1. The zero-order valence-corrected chi connectivity index (χ0v) is 21.8. The fourth-order valence-corrected chi connectivity index (χ4v) is 7.07. The van der Waals surface area contributed by atoms with Crippen LogP contribution in [0.25, 0.3) is 32.9 Å². The van der Waals surface area contributed by atoms with Crippen LogP contribution < -0.4 is 0 Å². The summed E-state index contributed by atoms with van der Waals surface area (Å²) >= 11 is 1.75. The van der Waals surface area contributed by atoms with E-state index in [-0.39, 0.29) is 5.91 Å². The quantitative estimate of drug-likeness (QED) is 0.271. The number of para-hydroxylation sites is 2. The summed E-state index contributed by atoms with van der Waals surface area (Å²) in [5.41, 5.74) is 4.24. The lowest BCUT2D eigenvalue weighted by atomic mass is 9.88. The number of aromatic nitrogens is 2. The van der Waals surface area contributed by atoms with Crippen molar-refractivity contribution >= 4 is 28.3 Å². The Bertz CT molecular complexity index is 1290. The summed E-state index contributed by atoms with van der Waals surface area (Å²) in [6.45, 7) is 0.353. The maximum atomic E-state index is 14.2. The summed E-state index contributed by atoms with van der Waals surface area (Å²) in [5, 5.41) is 2.11. The highest BCUT2D eigenvalue weighted by atomic mass is 32.1. The second kappa shape index (κ2) is 10.6. The lowest BCUT2D eigenvalue weighted by molar-refractivity contribution is -0.138. The van der Waals surface area contributed by atoms with Gasteiger partial charge in [-0.05, 0) is 60.9 Å². The van der Waals surface area contributed by atoms with Gasteiger partial charge >= 0.3 is 0 Å². The van der Waals surface area contributed by atoms with Crippen LogP contribution in [0.4, 0.5) is 0 Å². The molecule has 2 aromatic heterocycles. The predicted molar refractivity (Wildman–Crippen MR) is 149 cm³/mol. The van der Waals surface area contributed by atoms with Crippen LogP contribution >= 0.6 is 11.3 Å². The summed E-state index contributed by atoms with van der Waals surface area (Å²) in [6, 6.07) is 21.9. The number of thiophene rings is 1. The first kappa shape index (κ1) is 23.5. The maximum Gasteiger partial charge on any atom is 0.243 e. The van der Waals surface area contributed by atoms with Gasteiger partial charge < -0.3 is 9.47 Å². The minimum Gasteiger partial charge on any atom is -0.335 e. The molecule has 36 heavy (non-hydrogen) atoms. The van der Waals surface area contributed by atoms with Gasteiger partial charge in [0.2, 0.25) is 5.91 Å². The molecule has 0 bridgehead atoms. The Morgan fingerprint density at radius 3 is 2.22 bits per heavy atom. The molecule has 0 spiro atoms. The summed E-state index contributed by atoms with van der Waals surface area (Å²) in [6.07, 6.45) is 12.2. The molecule has 0 radical (unpaired) electrons. The molecule has 2 aromatic carbocycles. The first-order valence-electron chi connectivity index (χ1n) is 13.7. The van der Waals surface area contributed by atoms with Gasteiger partial charge in [0.25, 0.3) is 0 Å². The number of imidazole rings is 1. The number of rotatable bonds is 6. The van der Waals surface area contributed by atoms with Gasteiger partial charge in [-0.2, -0.15) is 0 Å². The van der Waals surface area contributed by atoms with Gasteiger partial charge in [-0.1, -0.05) is 74.9 Å². The Morgan fingerprint density at radius 1 is 0.833 bits per heavy atom. The second-order valence-corrected chi connectivity index (χ2v) is 11.4. The van der Waals surface area contributed by atoms with Gasteiger partial charge in [-0.15, -0.1) is 11.3 Å². The topological polar surface area (TPSA) is 38.1 Å². The number of nitrogens with zero attached hydrogens (tertiary/aromatic N) is 3. The van der Waals surface area contributed by atoms with Gasteiger partial charge in [-0.25, -0.2) is 4.98 Å². The molecule has 2 fully saturated rings. The van der Waals surface area contributed by atoms with E-state index in [1.54, 1.807) is 11.3 Å². The van der Waals surface area contributed by atoms with Gasteiger partial charge in [0.1, 0.15) is 12.4 Å². The molecule has 0 atom stereocenters. The first-order chi connectivity index (χ1) is 17.8. The Morgan fingerprint density at radius 2 is 1.53 bits per heavy atom. The lowest BCUT2D eigenvalue weighted by Gasteiger charge is -2.42. The van der Waals surface area contributed by atoms with Crippen LogP contribution in [0.5, 0.6) is 0 Å². The van der Waals surface area contributed by atoms with Crippen LogP contribution in [-0.2, 0) is 11.3 Å². The van der Waals surface area contributed by atoms with Gasteiger partial charge in [0, 0.05) is 22.5 Å². The van der Waals surface area contributed by atoms with Crippen LogP contribution in [0.15, 0.2) is 66.0 Å². The predicted octanol–water partition coefficient (Wildman–Crippen LogP) is 7.93. The third kappa shape index (κ3) is 4.73. The van der Waals surface area contributed by atoms with E-state index in [2.05, 4.69) is 69.4 Å². The zero-order chi connectivity index (χ0) is 24.3. The average Bonchev–Trinajstić information content (AvgIpc) is 3.59. The van der Waals surface area contributed by atoms with Crippen LogP contribution in [0.3, 0.4) is 0 Å². The Kier molecular flexibility index (Phi) is 6.91. The van der Waals surface area contributed by atoms with Crippen molar-refractivity contribution in [2.24, 2.45) is 0 Å². The number of carbonyl (C=O) groups is 1. The number of amides is 1.